The van der Waals surface area contributed by atoms with E-state index in [2.05, 4.69) is 9.47 Å². The predicted octanol–water partition coefficient (Wildman–Crippen LogP) is -6.77. The molecule has 0 heterocycles. The summed E-state index contributed by atoms with van der Waals surface area (Å²) in [5.74, 6) is -7.06. The third-order valence-electron chi connectivity index (χ3n) is 1.86. The summed E-state index contributed by atoms with van der Waals surface area (Å²) < 4.78 is 8.15. The van der Waals surface area contributed by atoms with Crippen LogP contribution in [0.15, 0.2) is 0 Å². The van der Waals surface area contributed by atoms with E-state index in [1.54, 1.807) is 0 Å². The van der Waals surface area contributed by atoms with Crippen molar-refractivity contribution in [2.45, 2.75) is 18.4 Å². The number of carboxylic acid groups (broad SMARTS) is 4. The number of hydrogen-bond donors (Lipinski definition) is 4. The first-order valence-corrected chi connectivity index (χ1v) is 4.83. The molecule has 0 saturated heterocycles. The smallest absolute Gasteiger partial charge is 1.00 e. The zero-order chi connectivity index (χ0) is 15.9. The van der Waals surface area contributed by atoms with Gasteiger partial charge < -0.3 is 32.8 Å². The fraction of sp³-hybridized carbons (Fsp3) is 0.444. The summed E-state index contributed by atoms with van der Waals surface area (Å²) >= 11 is 0. The van der Waals surface area contributed by atoms with Gasteiger partial charge in [-0.25, -0.2) is 14.4 Å². The van der Waals surface area contributed by atoms with Gasteiger partial charge >= 0.3 is 89.1 Å². The fourth-order valence-electron chi connectivity index (χ4n) is 1.13. The maximum absolute atomic E-state index is 11.1. The molecule has 0 spiro atoms. The van der Waals surface area contributed by atoms with E-state index in [0.29, 0.717) is 0 Å². The van der Waals surface area contributed by atoms with Gasteiger partial charge in [0.2, 0.25) is 5.60 Å². The molecule has 0 atom stereocenters. The van der Waals surface area contributed by atoms with Crippen LogP contribution in [0.3, 0.4) is 0 Å². The van der Waals surface area contributed by atoms with Crippen molar-refractivity contribution < 1.29 is 116 Å². The summed E-state index contributed by atoms with van der Waals surface area (Å²) in [6.45, 7) is -1.16. The minimum absolute atomic E-state index is 0. The Kier molecular flexibility index (Phi) is 13.8. The molecule has 0 radical (unpaired) electrons. The minimum Gasteiger partial charge on any atom is -1.00 e. The van der Waals surface area contributed by atoms with Crippen molar-refractivity contribution >= 4 is 30.0 Å². The standard InChI is InChI=1S/C9H10O11.2Na.2H/c10-4(11)1-9(7(16)17,2-5(12)13)20-8(18)19-3-6(14)15;;;;/h1-3H2,(H,10,11)(H,12,13)(H,14,15)(H,16,17);;;;/q;2*+1;2*-1. The van der Waals surface area contributed by atoms with E-state index in [0.717, 1.165) is 0 Å². The first-order chi connectivity index (χ1) is 9.09. The quantitative estimate of drug-likeness (QED) is 0.243. The van der Waals surface area contributed by atoms with Gasteiger partial charge in [-0.15, -0.1) is 0 Å². The molecule has 0 unspecified atom stereocenters. The Morgan fingerprint density at radius 1 is 0.818 bits per heavy atom. The summed E-state index contributed by atoms with van der Waals surface area (Å²) in [6.07, 6.45) is -4.48. The van der Waals surface area contributed by atoms with Crippen molar-refractivity contribution in [1.82, 2.24) is 0 Å². The van der Waals surface area contributed by atoms with Gasteiger partial charge in [-0.2, -0.15) is 0 Å². The molecule has 0 aliphatic heterocycles. The van der Waals surface area contributed by atoms with Crippen LogP contribution in [-0.4, -0.2) is 62.7 Å². The Morgan fingerprint density at radius 3 is 1.50 bits per heavy atom. The molecular weight excluding hydrogens is 330 g/mol. The largest absolute Gasteiger partial charge is 1.00 e. The fourth-order valence-corrected chi connectivity index (χ4v) is 1.13. The molecule has 0 saturated carbocycles. The first-order valence-electron chi connectivity index (χ1n) is 4.83. The normalized spacial score (nSPS) is 9.45. The second-order valence-corrected chi connectivity index (χ2v) is 3.47. The van der Waals surface area contributed by atoms with E-state index in [1.807, 2.05) is 0 Å². The van der Waals surface area contributed by atoms with Crippen LogP contribution in [0.25, 0.3) is 0 Å². The molecule has 22 heavy (non-hydrogen) atoms. The van der Waals surface area contributed by atoms with Crippen LogP contribution in [-0.2, 0) is 28.7 Å². The summed E-state index contributed by atoms with van der Waals surface area (Å²) in [5, 5.41) is 34.2. The summed E-state index contributed by atoms with van der Waals surface area (Å²) in [7, 11) is 0. The number of rotatable bonds is 8. The van der Waals surface area contributed by atoms with E-state index < -0.39 is 55.1 Å². The van der Waals surface area contributed by atoms with E-state index in [1.165, 1.54) is 0 Å². The average Bonchev–Trinajstić information content (AvgIpc) is 2.23. The third-order valence-corrected chi connectivity index (χ3v) is 1.86. The SMILES string of the molecule is O=C(O)COC(=O)OC(CC(=O)O)(CC(=O)O)C(=O)O.[H-].[H-].[Na+].[Na+]. The number of carboxylic acids is 4. The van der Waals surface area contributed by atoms with Crippen LogP contribution in [0.1, 0.15) is 15.7 Å². The van der Waals surface area contributed by atoms with Crippen LogP contribution in [0.2, 0.25) is 0 Å². The Hall–Kier alpha value is -0.850. The summed E-state index contributed by atoms with van der Waals surface area (Å²) in [5.41, 5.74) is -2.90. The van der Waals surface area contributed by atoms with Crippen LogP contribution < -0.4 is 59.1 Å². The number of ether oxygens (including phenoxy) is 2. The Balaban J connectivity index is -0.000000301. The molecule has 4 N–H and O–H groups in total. The van der Waals surface area contributed by atoms with Crippen molar-refractivity contribution in [2.24, 2.45) is 0 Å². The molecule has 0 aliphatic rings. The predicted molar refractivity (Wildman–Crippen MR) is 57.2 cm³/mol. The molecule has 0 amide bonds. The van der Waals surface area contributed by atoms with Gasteiger partial charge in [0.1, 0.15) is 0 Å². The van der Waals surface area contributed by atoms with E-state index in [9.17, 15) is 24.0 Å². The van der Waals surface area contributed by atoms with Gasteiger partial charge in [0.25, 0.3) is 0 Å². The molecule has 13 heteroatoms. The third kappa shape index (κ3) is 9.97. The van der Waals surface area contributed by atoms with Crippen molar-refractivity contribution in [3.05, 3.63) is 0 Å². The zero-order valence-corrected chi connectivity index (χ0v) is 15.8. The maximum Gasteiger partial charge on any atom is 1.00 e. The van der Waals surface area contributed by atoms with Crippen molar-refractivity contribution in [2.75, 3.05) is 6.61 Å². The van der Waals surface area contributed by atoms with Gasteiger partial charge in [0, 0.05) is 0 Å². The summed E-state index contributed by atoms with van der Waals surface area (Å²) in [6, 6.07) is 0. The van der Waals surface area contributed by atoms with Crippen molar-refractivity contribution in [1.29, 1.82) is 0 Å². The topological polar surface area (TPSA) is 185 Å². The molecule has 0 aromatic rings. The van der Waals surface area contributed by atoms with Gasteiger partial charge in [-0.1, -0.05) is 0 Å². The van der Waals surface area contributed by atoms with Gasteiger partial charge in [0.05, 0.1) is 12.8 Å². The number of carbonyl (C=O) groups excluding carboxylic acids is 1. The van der Waals surface area contributed by atoms with Crippen LogP contribution >= 0.6 is 0 Å². The molecule has 0 fully saturated rings. The molecule has 11 nitrogen and oxygen atoms in total. The van der Waals surface area contributed by atoms with Crippen molar-refractivity contribution in [3.8, 4) is 0 Å². The van der Waals surface area contributed by atoms with E-state index in [4.69, 9.17) is 20.4 Å². The van der Waals surface area contributed by atoms with Crippen LogP contribution in [0.4, 0.5) is 4.79 Å². The maximum atomic E-state index is 11.1. The van der Waals surface area contributed by atoms with E-state index >= 15 is 0 Å². The first kappa shape index (κ1) is 26.1. The van der Waals surface area contributed by atoms with Crippen LogP contribution in [0.5, 0.6) is 0 Å². The second-order valence-electron chi connectivity index (χ2n) is 3.47. The monoisotopic (exact) mass is 342 g/mol. The van der Waals surface area contributed by atoms with Gasteiger partial charge in [0.15, 0.2) is 6.61 Å². The van der Waals surface area contributed by atoms with Gasteiger partial charge in [-0.3, -0.25) is 9.59 Å². The molecule has 0 rings (SSSR count). The molecule has 0 aliphatic carbocycles. The van der Waals surface area contributed by atoms with Gasteiger partial charge in [-0.05, 0) is 0 Å². The van der Waals surface area contributed by atoms with Crippen molar-refractivity contribution in [3.63, 3.8) is 0 Å². The average molecular weight is 342 g/mol. The number of hydrogen-bond acceptors (Lipinski definition) is 7. The second kappa shape index (κ2) is 11.7. The molecule has 0 aromatic heterocycles. The minimum atomic E-state index is -2.90. The van der Waals surface area contributed by atoms with E-state index in [-0.39, 0.29) is 62.0 Å². The summed E-state index contributed by atoms with van der Waals surface area (Å²) in [4.78, 5) is 53.3. The van der Waals surface area contributed by atoms with Crippen LogP contribution in [0, 0.1) is 0 Å². The Bertz CT molecular complexity index is 441. The molecule has 0 aromatic carbocycles. The molecule has 116 valence electrons. The number of aliphatic carboxylic acids is 4. The molecular formula is C9H12Na2O11. The zero-order valence-electron chi connectivity index (χ0n) is 13.8. The number of carbonyl (C=O) groups is 5. The Labute approximate surface area is 170 Å². The Morgan fingerprint density at radius 2 is 1.23 bits per heavy atom. The molecule has 0 bridgehead atoms.